The third kappa shape index (κ3) is 5.25. The fourth-order valence-electron chi connectivity index (χ4n) is 2.06. The predicted molar refractivity (Wildman–Crippen MR) is 65.6 cm³/mol. The van der Waals surface area contributed by atoms with Crippen molar-refractivity contribution >= 4 is 0 Å². The normalized spacial score (nSPS) is 21.2. The molecular weight excluding hydrogens is 204 g/mol. The van der Waals surface area contributed by atoms with Crippen molar-refractivity contribution in [2.24, 2.45) is 0 Å². The number of quaternary nitrogens is 1. The second-order valence-corrected chi connectivity index (χ2v) is 5.05. The fraction of sp³-hybridized carbons (Fsp3) is 1.00. The van der Waals surface area contributed by atoms with Crippen LogP contribution in [0.2, 0.25) is 0 Å². The summed E-state index contributed by atoms with van der Waals surface area (Å²) in [6.07, 6.45) is 1.16. The van der Waals surface area contributed by atoms with Crippen molar-refractivity contribution in [2.75, 3.05) is 73.7 Å². The number of rotatable bonds is 7. The Morgan fingerprint density at radius 2 is 1.81 bits per heavy atom. The highest BCUT2D eigenvalue weighted by Crippen LogP contribution is 2.09. The molecule has 0 aromatic rings. The summed E-state index contributed by atoms with van der Waals surface area (Å²) in [7, 11) is 6.28. The lowest BCUT2D eigenvalue weighted by Gasteiger charge is -2.41. The number of likely N-dealkylation sites (N-methyl/N-ethyl adjacent to an activating group) is 2. The van der Waals surface area contributed by atoms with E-state index in [-0.39, 0.29) is 0 Å². The maximum absolute atomic E-state index is 5.49. The van der Waals surface area contributed by atoms with Gasteiger partial charge in [0, 0.05) is 26.6 Å². The fourth-order valence-corrected chi connectivity index (χ4v) is 2.06. The molecule has 0 saturated carbocycles. The number of ether oxygens (including phenoxy) is 2. The van der Waals surface area contributed by atoms with Crippen LogP contribution >= 0.6 is 0 Å². The Morgan fingerprint density at radius 1 is 1.12 bits per heavy atom. The minimum absolute atomic E-state index is 0.705. The molecule has 0 aromatic heterocycles. The molecule has 1 heterocycles. The number of hydrogen-bond acceptors (Lipinski definition) is 3. The monoisotopic (exact) mass is 231 g/mol. The Hall–Kier alpha value is -0.160. The molecule has 1 fully saturated rings. The van der Waals surface area contributed by atoms with Crippen molar-refractivity contribution < 1.29 is 14.0 Å². The van der Waals surface area contributed by atoms with Gasteiger partial charge in [-0.3, -0.25) is 4.90 Å². The Kier molecular flexibility index (Phi) is 6.28. The van der Waals surface area contributed by atoms with Crippen molar-refractivity contribution in [1.29, 1.82) is 0 Å². The van der Waals surface area contributed by atoms with E-state index in [2.05, 4.69) is 19.0 Å². The summed E-state index contributed by atoms with van der Waals surface area (Å²) in [5.41, 5.74) is 0. The molecule has 0 N–H and O–H groups in total. The number of piperazine rings is 1. The lowest BCUT2D eigenvalue weighted by atomic mass is 10.2. The summed E-state index contributed by atoms with van der Waals surface area (Å²) >= 11 is 0. The van der Waals surface area contributed by atoms with Crippen molar-refractivity contribution in [3.63, 3.8) is 0 Å². The van der Waals surface area contributed by atoms with E-state index >= 15 is 0 Å². The molecule has 96 valence electrons. The van der Waals surface area contributed by atoms with Crippen molar-refractivity contribution in [3.8, 4) is 0 Å². The minimum atomic E-state index is 0.705. The first-order chi connectivity index (χ1) is 7.66. The van der Waals surface area contributed by atoms with E-state index < -0.39 is 0 Å². The van der Waals surface area contributed by atoms with Crippen LogP contribution in [0.15, 0.2) is 0 Å². The van der Waals surface area contributed by atoms with Crippen LogP contribution in [-0.4, -0.2) is 83.1 Å². The topological polar surface area (TPSA) is 21.7 Å². The molecule has 4 heteroatoms. The Labute approximate surface area is 99.7 Å². The van der Waals surface area contributed by atoms with Crippen LogP contribution in [0.3, 0.4) is 0 Å². The van der Waals surface area contributed by atoms with E-state index in [1.165, 1.54) is 37.2 Å². The number of hydrogen-bond donors (Lipinski definition) is 0. The molecule has 0 aromatic carbocycles. The zero-order valence-corrected chi connectivity index (χ0v) is 11.1. The molecular formula is C12H27N2O2+. The highest BCUT2D eigenvalue weighted by Gasteiger charge is 2.26. The zero-order chi connectivity index (χ0) is 11.9. The van der Waals surface area contributed by atoms with Crippen LogP contribution in [0.1, 0.15) is 6.42 Å². The second-order valence-electron chi connectivity index (χ2n) is 5.05. The summed E-state index contributed by atoms with van der Waals surface area (Å²) in [6.45, 7) is 8.53. The molecule has 1 rings (SSSR count). The third-order valence-electron chi connectivity index (χ3n) is 3.46. The summed E-state index contributed by atoms with van der Waals surface area (Å²) in [5, 5.41) is 0. The molecule has 0 atom stereocenters. The molecule has 1 saturated heterocycles. The summed E-state index contributed by atoms with van der Waals surface area (Å²) < 4.78 is 11.6. The zero-order valence-electron chi connectivity index (χ0n) is 11.1. The molecule has 0 aliphatic carbocycles. The van der Waals surface area contributed by atoms with E-state index in [9.17, 15) is 0 Å². The summed E-state index contributed by atoms with van der Waals surface area (Å²) in [5.74, 6) is 0. The van der Waals surface area contributed by atoms with Gasteiger partial charge in [-0.2, -0.15) is 0 Å². The van der Waals surface area contributed by atoms with Gasteiger partial charge in [0.15, 0.2) is 0 Å². The minimum Gasteiger partial charge on any atom is -0.382 e. The first kappa shape index (κ1) is 13.9. The van der Waals surface area contributed by atoms with Crippen LogP contribution in [0, 0.1) is 0 Å². The van der Waals surface area contributed by atoms with Gasteiger partial charge in [-0.25, -0.2) is 0 Å². The van der Waals surface area contributed by atoms with Crippen LogP contribution in [0.25, 0.3) is 0 Å². The van der Waals surface area contributed by atoms with Crippen LogP contribution in [0.5, 0.6) is 0 Å². The van der Waals surface area contributed by atoms with E-state index in [0.29, 0.717) is 6.61 Å². The van der Waals surface area contributed by atoms with Gasteiger partial charge in [0.05, 0.1) is 46.5 Å². The molecule has 0 radical (unpaired) electrons. The molecule has 0 unspecified atom stereocenters. The van der Waals surface area contributed by atoms with Crippen LogP contribution in [0.4, 0.5) is 0 Å². The standard InChI is InChI=1S/C12H27N2O2/c1-13-5-8-14(2,9-6-13)7-4-10-16-12-11-15-3/h4-12H2,1-3H3/q+1. The Morgan fingerprint density at radius 3 is 2.44 bits per heavy atom. The predicted octanol–water partition coefficient (Wildman–Crippen LogP) is 0.432. The quantitative estimate of drug-likeness (QED) is 0.468. The maximum atomic E-state index is 5.49. The van der Waals surface area contributed by atoms with Crippen molar-refractivity contribution in [2.45, 2.75) is 6.42 Å². The molecule has 16 heavy (non-hydrogen) atoms. The average molecular weight is 231 g/mol. The maximum Gasteiger partial charge on any atom is 0.0914 e. The van der Waals surface area contributed by atoms with Gasteiger partial charge in [-0.05, 0) is 7.05 Å². The summed E-state index contributed by atoms with van der Waals surface area (Å²) in [4.78, 5) is 2.41. The van der Waals surface area contributed by atoms with Gasteiger partial charge in [-0.1, -0.05) is 0 Å². The van der Waals surface area contributed by atoms with Gasteiger partial charge >= 0.3 is 0 Å². The average Bonchev–Trinajstić information content (AvgIpc) is 2.28. The molecule has 1 aliphatic heterocycles. The van der Waals surface area contributed by atoms with Crippen LogP contribution in [-0.2, 0) is 9.47 Å². The highest BCUT2D eigenvalue weighted by molar-refractivity contribution is 4.58. The van der Waals surface area contributed by atoms with Gasteiger partial charge in [-0.15, -0.1) is 0 Å². The Bertz CT molecular complexity index is 180. The largest absolute Gasteiger partial charge is 0.382 e. The number of methoxy groups -OCH3 is 1. The SMILES string of the molecule is COCCOCCC[N+]1(C)CCN(C)CC1. The number of nitrogens with zero attached hydrogens (tertiary/aromatic N) is 2. The van der Waals surface area contributed by atoms with Gasteiger partial charge in [0.2, 0.25) is 0 Å². The van der Waals surface area contributed by atoms with Crippen LogP contribution < -0.4 is 0 Å². The lowest BCUT2D eigenvalue weighted by molar-refractivity contribution is -0.913. The third-order valence-corrected chi connectivity index (χ3v) is 3.46. The lowest BCUT2D eigenvalue weighted by Crippen LogP contribution is -2.56. The summed E-state index contributed by atoms with van der Waals surface area (Å²) in [6, 6.07) is 0. The van der Waals surface area contributed by atoms with Gasteiger partial charge in [0.1, 0.15) is 0 Å². The molecule has 1 aliphatic rings. The Balaban J connectivity index is 2.03. The van der Waals surface area contributed by atoms with E-state index in [4.69, 9.17) is 9.47 Å². The first-order valence-corrected chi connectivity index (χ1v) is 6.25. The molecule has 0 bridgehead atoms. The highest BCUT2D eigenvalue weighted by atomic mass is 16.5. The van der Waals surface area contributed by atoms with E-state index in [1.807, 2.05) is 0 Å². The van der Waals surface area contributed by atoms with Gasteiger partial charge < -0.3 is 14.0 Å². The van der Waals surface area contributed by atoms with E-state index in [1.54, 1.807) is 7.11 Å². The van der Waals surface area contributed by atoms with Crippen molar-refractivity contribution in [1.82, 2.24) is 4.90 Å². The van der Waals surface area contributed by atoms with Gasteiger partial charge in [0.25, 0.3) is 0 Å². The molecule has 0 spiro atoms. The van der Waals surface area contributed by atoms with E-state index in [0.717, 1.165) is 19.6 Å². The smallest absolute Gasteiger partial charge is 0.0914 e. The second kappa shape index (κ2) is 7.22. The molecule has 0 amide bonds. The molecule has 4 nitrogen and oxygen atoms in total. The van der Waals surface area contributed by atoms with Crippen molar-refractivity contribution in [3.05, 3.63) is 0 Å². The first-order valence-electron chi connectivity index (χ1n) is 6.25.